The third kappa shape index (κ3) is 5.33. The summed E-state index contributed by atoms with van der Waals surface area (Å²) in [4.78, 5) is 12.6. The molecule has 3 rings (SSSR count). The second-order valence-corrected chi connectivity index (χ2v) is 8.12. The van der Waals surface area contributed by atoms with E-state index in [1.54, 1.807) is 25.5 Å². The maximum Gasteiger partial charge on any atom is 0.271 e. The largest absolute Gasteiger partial charge is 0.496 e. The first-order chi connectivity index (χ1) is 16.3. The van der Waals surface area contributed by atoms with Crippen molar-refractivity contribution in [3.63, 3.8) is 0 Å². The van der Waals surface area contributed by atoms with Gasteiger partial charge < -0.3 is 18.9 Å². The number of nitrogens with zero attached hydrogens (tertiary/aromatic N) is 3. The molecule has 0 aliphatic carbocycles. The van der Waals surface area contributed by atoms with Gasteiger partial charge in [-0.25, -0.2) is 5.43 Å². The van der Waals surface area contributed by atoms with E-state index in [1.807, 2.05) is 36.7 Å². The maximum atomic E-state index is 12.6. The van der Waals surface area contributed by atoms with Gasteiger partial charge in [0.1, 0.15) is 5.75 Å². The van der Waals surface area contributed by atoms with Crippen molar-refractivity contribution in [2.45, 2.75) is 20.4 Å². The van der Waals surface area contributed by atoms with Gasteiger partial charge in [0, 0.05) is 11.1 Å². The van der Waals surface area contributed by atoms with Crippen molar-refractivity contribution in [3.8, 4) is 23.0 Å². The van der Waals surface area contributed by atoms with E-state index in [2.05, 4.69) is 31.6 Å². The number of carbonyl (C=O) groups excluding carboxylic acids is 1. The minimum atomic E-state index is -0.420. The third-order valence-electron chi connectivity index (χ3n) is 5.22. The lowest BCUT2D eigenvalue weighted by Gasteiger charge is -2.13. The van der Waals surface area contributed by atoms with Gasteiger partial charge in [-0.15, -0.1) is 0 Å². The lowest BCUT2D eigenvalue weighted by atomic mass is 10.1. The molecule has 3 aromatic rings. The van der Waals surface area contributed by atoms with E-state index in [0.717, 1.165) is 32.7 Å². The lowest BCUT2D eigenvalue weighted by molar-refractivity contribution is 0.0954. The normalized spacial score (nSPS) is 10.9. The number of ether oxygens (including phenoxy) is 4. The van der Waals surface area contributed by atoms with E-state index >= 15 is 0 Å². The molecule has 1 aromatic heterocycles. The van der Waals surface area contributed by atoms with Crippen molar-refractivity contribution in [2.75, 3.05) is 28.4 Å². The van der Waals surface area contributed by atoms with Crippen molar-refractivity contribution >= 4 is 28.1 Å². The quantitative estimate of drug-likeness (QED) is 0.330. The highest BCUT2D eigenvalue weighted by Crippen LogP contribution is 2.38. The molecule has 2 aromatic carbocycles. The molecule has 1 amide bonds. The van der Waals surface area contributed by atoms with Gasteiger partial charge in [-0.2, -0.15) is 10.2 Å². The van der Waals surface area contributed by atoms with Crippen LogP contribution in [-0.4, -0.2) is 50.3 Å². The molecule has 0 saturated heterocycles. The zero-order valence-electron chi connectivity index (χ0n) is 19.9. The third-order valence-corrected chi connectivity index (χ3v) is 6.37. The number of aromatic nitrogens is 2. The van der Waals surface area contributed by atoms with Gasteiger partial charge >= 0.3 is 0 Å². The number of halogens is 1. The Bertz CT molecular complexity index is 1200. The second kappa shape index (κ2) is 11.1. The Morgan fingerprint density at radius 2 is 1.68 bits per heavy atom. The summed E-state index contributed by atoms with van der Waals surface area (Å²) in [6.07, 6.45) is 1.57. The first kappa shape index (κ1) is 25.1. The molecule has 0 aliphatic rings. The average molecular weight is 531 g/mol. The van der Waals surface area contributed by atoms with Gasteiger partial charge in [0.2, 0.25) is 5.75 Å². The molecule has 180 valence electrons. The Hall–Kier alpha value is -3.53. The highest BCUT2D eigenvalue weighted by molar-refractivity contribution is 9.10. The summed E-state index contributed by atoms with van der Waals surface area (Å²) in [6, 6.07) is 8.78. The SMILES string of the molecule is COc1ccc(/C=N/NC(=O)c2cc(OC)c(OC)c(OC)c2)cc1Cn1nc(C)c(Br)c1C. The summed E-state index contributed by atoms with van der Waals surface area (Å²) in [7, 11) is 6.11. The van der Waals surface area contributed by atoms with E-state index in [4.69, 9.17) is 18.9 Å². The number of carbonyl (C=O) groups is 1. The molecule has 0 fully saturated rings. The van der Waals surface area contributed by atoms with Crippen LogP contribution in [0, 0.1) is 13.8 Å². The fraction of sp³-hybridized carbons (Fsp3) is 0.292. The topological polar surface area (TPSA) is 96.2 Å². The second-order valence-electron chi connectivity index (χ2n) is 7.33. The molecule has 0 bridgehead atoms. The van der Waals surface area contributed by atoms with Gasteiger partial charge in [-0.05, 0) is 65.7 Å². The van der Waals surface area contributed by atoms with Crippen LogP contribution in [0.25, 0.3) is 0 Å². The molecule has 1 N–H and O–H groups in total. The Balaban J connectivity index is 1.79. The van der Waals surface area contributed by atoms with Crippen molar-refractivity contribution < 1.29 is 23.7 Å². The van der Waals surface area contributed by atoms with Crippen LogP contribution in [0.15, 0.2) is 39.9 Å². The van der Waals surface area contributed by atoms with Crippen molar-refractivity contribution in [3.05, 3.63) is 62.9 Å². The summed E-state index contributed by atoms with van der Waals surface area (Å²) in [5.74, 6) is 1.49. The summed E-state index contributed by atoms with van der Waals surface area (Å²) >= 11 is 3.56. The van der Waals surface area contributed by atoms with Crippen molar-refractivity contribution in [2.24, 2.45) is 5.10 Å². The number of amides is 1. The number of methoxy groups -OCH3 is 4. The summed E-state index contributed by atoms with van der Waals surface area (Å²) in [6.45, 7) is 4.48. The van der Waals surface area contributed by atoms with E-state index < -0.39 is 5.91 Å². The molecule has 0 radical (unpaired) electrons. The molecule has 34 heavy (non-hydrogen) atoms. The van der Waals surface area contributed by atoms with Gasteiger partial charge in [0.05, 0.1) is 57.1 Å². The smallest absolute Gasteiger partial charge is 0.271 e. The molecule has 0 atom stereocenters. The van der Waals surface area contributed by atoms with Crippen LogP contribution in [0.2, 0.25) is 0 Å². The molecule has 0 spiro atoms. The minimum Gasteiger partial charge on any atom is -0.496 e. The Morgan fingerprint density at radius 1 is 1.03 bits per heavy atom. The van der Waals surface area contributed by atoms with E-state index in [-0.39, 0.29) is 0 Å². The molecule has 0 saturated carbocycles. The van der Waals surface area contributed by atoms with E-state index in [0.29, 0.717) is 29.4 Å². The van der Waals surface area contributed by atoms with Gasteiger partial charge in [0.25, 0.3) is 5.91 Å². The standard InChI is InChI=1S/C24H27BrN4O5/c1-14-22(25)15(2)29(28-14)13-18-9-16(7-8-19(18)31-3)12-26-27-24(30)17-10-20(32-4)23(34-6)21(11-17)33-5/h7-12H,13H2,1-6H3,(H,27,30)/b26-12+. The fourth-order valence-electron chi connectivity index (χ4n) is 3.43. The van der Waals surface area contributed by atoms with Crippen LogP contribution in [0.1, 0.15) is 32.9 Å². The van der Waals surface area contributed by atoms with Crippen LogP contribution in [-0.2, 0) is 6.54 Å². The Kier molecular flexibility index (Phi) is 8.17. The van der Waals surface area contributed by atoms with Gasteiger partial charge in [0.15, 0.2) is 11.5 Å². The van der Waals surface area contributed by atoms with Gasteiger partial charge in [-0.1, -0.05) is 0 Å². The summed E-state index contributed by atoms with van der Waals surface area (Å²) in [5, 5.41) is 8.67. The van der Waals surface area contributed by atoms with Crippen LogP contribution in [0.4, 0.5) is 0 Å². The van der Waals surface area contributed by atoms with Gasteiger partial charge in [-0.3, -0.25) is 9.48 Å². The molecule has 1 heterocycles. The number of hydrogen-bond acceptors (Lipinski definition) is 7. The summed E-state index contributed by atoms with van der Waals surface area (Å²) < 4.78 is 24.3. The monoisotopic (exact) mass is 530 g/mol. The summed E-state index contributed by atoms with van der Waals surface area (Å²) in [5.41, 5.74) is 6.51. The number of nitrogens with one attached hydrogen (secondary N) is 1. The van der Waals surface area contributed by atoms with E-state index in [1.165, 1.54) is 21.3 Å². The van der Waals surface area contributed by atoms with Crippen molar-refractivity contribution in [1.29, 1.82) is 0 Å². The van der Waals surface area contributed by atoms with Crippen LogP contribution in [0.5, 0.6) is 23.0 Å². The average Bonchev–Trinajstić information content (AvgIpc) is 3.09. The fourth-order valence-corrected chi connectivity index (χ4v) is 3.72. The van der Waals surface area contributed by atoms with Crippen molar-refractivity contribution in [1.82, 2.24) is 15.2 Å². The van der Waals surface area contributed by atoms with Crippen LogP contribution in [0.3, 0.4) is 0 Å². The molecule has 0 aliphatic heterocycles. The number of hydrazone groups is 1. The predicted octanol–water partition coefficient (Wildman–Crippen LogP) is 4.11. The van der Waals surface area contributed by atoms with E-state index in [9.17, 15) is 4.79 Å². The lowest BCUT2D eigenvalue weighted by Crippen LogP contribution is -2.18. The first-order valence-corrected chi connectivity index (χ1v) is 11.1. The Labute approximate surface area is 206 Å². The first-order valence-electron chi connectivity index (χ1n) is 10.3. The number of rotatable bonds is 9. The zero-order chi connectivity index (χ0) is 24.8. The molecule has 9 nitrogen and oxygen atoms in total. The maximum absolute atomic E-state index is 12.6. The van der Waals surface area contributed by atoms with Crippen LogP contribution >= 0.6 is 15.9 Å². The van der Waals surface area contributed by atoms with Crippen LogP contribution < -0.4 is 24.4 Å². The number of hydrogen-bond donors (Lipinski definition) is 1. The Morgan fingerprint density at radius 3 is 2.21 bits per heavy atom. The minimum absolute atomic E-state index is 0.317. The zero-order valence-corrected chi connectivity index (χ0v) is 21.5. The predicted molar refractivity (Wildman–Crippen MR) is 133 cm³/mol. The molecule has 0 unspecified atom stereocenters. The highest BCUT2D eigenvalue weighted by atomic mass is 79.9. The molecule has 10 heteroatoms. The highest BCUT2D eigenvalue weighted by Gasteiger charge is 2.17. The molecular weight excluding hydrogens is 504 g/mol. The number of aryl methyl sites for hydroxylation is 1. The molecular formula is C24H27BrN4O5. The number of benzene rings is 2.